The number of ether oxygens (including phenoxy) is 1. The molecular formula is C12H17BO5S. The molecule has 0 atom stereocenters. The van der Waals surface area contributed by atoms with E-state index in [1.807, 2.05) is 27.7 Å². The van der Waals surface area contributed by atoms with Crippen LogP contribution in [0.3, 0.4) is 0 Å². The number of rotatable bonds is 3. The van der Waals surface area contributed by atoms with E-state index in [0.717, 1.165) is 11.3 Å². The zero-order valence-electron chi connectivity index (χ0n) is 11.6. The molecule has 1 aliphatic heterocycles. The van der Waals surface area contributed by atoms with Crippen molar-refractivity contribution < 1.29 is 23.9 Å². The number of hydrogen-bond donors (Lipinski definition) is 1. The summed E-state index contributed by atoms with van der Waals surface area (Å²) in [5.41, 5.74) is -0.892. The first kappa shape index (κ1) is 14.4. The molecule has 0 saturated carbocycles. The van der Waals surface area contributed by atoms with Crippen LogP contribution in [0.1, 0.15) is 37.4 Å². The number of aromatic carboxylic acids is 1. The van der Waals surface area contributed by atoms with Gasteiger partial charge in [0.15, 0.2) is 4.88 Å². The topological polar surface area (TPSA) is 65.0 Å². The van der Waals surface area contributed by atoms with Crippen molar-refractivity contribution in [1.29, 1.82) is 0 Å². The number of carbonyl (C=O) groups is 1. The minimum Gasteiger partial charge on any atom is -0.495 e. The highest BCUT2D eigenvalue weighted by molar-refractivity contribution is 7.24. The summed E-state index contributed by atoms with van der Waals surface area (Å²) >= 11 is 1.12. The third-order valence-corrected chi connectivity index (χ3v) is 4.74. The minimum atomic E-state index is -1.01. The van der Waals surface area contributed by atoms with Gasteiger partial charge in [0.2, 0.25) is 0 Å². The van der Waals surface area contributed by atoms with E-state index >= 15 is 0 Å². The number of thiophene rings is 1. The van der Waals surface area contributed by atoms with Gasteiger partial charge in [0.05, 0.1) is 18.3 Å². The van der Waals surface area contributed by atoms with Crippen molar-refractivity contribution in [2.24, 2.45) is 0 Å². The van der Waals surface area contributed by atoms with Crippen LogP contribution in [0, 0.1) is 0 Å². The van der Waals surface area contributed by atoms with Crippen molar-refractivity contribution in [3.63, 3.8) is 0 Å². The largest absolute Gasteiger partial charge is 0.505 e. The van der Waals surface area contributed by atoms with Crippen LogP contribution in [-0.2, 0) is 9.31 Å². The lowest BCUT2D eigenvalue weighted by Crippen LogP contribution is -2.41. The summed E-state index contributed by atoms with van der Waals surface area (Å²) < 4.78 is 17.5. The van der Waals surface area contributed by atoms with E-state index < -0.39 is 24.3 Å². The molecule has 2 rings (SSSR count). The molecule has 1 N–H and O–H groups in total. The molecule has 0 bridgehead atoms. The Balaban J connectivity index is 2.32. The lowest BCUT2D eigenvalue weighted by Gasteiger charge is -2.32. The first-order valence-corrected chi connectivity index (χ1v) is 6.76. The van der Waals surface area contributed by atoms with Crippen LogP contribution in [0.2, 0.25) is 0 Å². The molecule has 0 unspecified atom stereocenters. The summed E-state index contributed by atoms with van der Waals surface area (Å²) in [5, 5.41) is 9.11. The van der Waals surface area contributed by atoms with Crippen molar-refractivity contribution >= 4 is 29.2 Å². The van der Waals surface area contributed by atoms with E-state index in [1.54, 1.807) is 6.07 Å². The maximum atomic E-state index is 11.1. The lowest BCUT2D eigenvalue weighted by atomic mass is 9.88. The molecule has 19 heavy (non-hydrogen) atoms. The van der Waals surface area contributed by atoms with Crippen molar-refractivity contribution in [2.45, 2.75) is 38.9 Å². The summed E-state index contributed by atoms with van der Waals surface area (Å²) in [5.74, 6) is -0.674. The second-order valence-corrected chi connectivity index (χ2v) is 6.52. The van der Waals surface area contributed by atoms with Gasteiger partial charge in [-0.15, -0.1) is 11.3 Å². The molecule has 0 aromatic carbocycles. The Morgan fingerprint density at radius 3 is 2.21 bits per heavy atom. The van der Waals surface area contributed by atoms with Gasteiger partial charge in [-0.05, 0) is 33.8 Å². The standard InChI is InChI=1S/C12H17BO5S/c1-11(2)12(3,4)18-13(17-11)8-6-7(16-5)9(19-8)10(14)15/h6H,1-5H3,(H,14,15). The third kappa shape index (κ3) is 2.38. The van der Waals surface area contributed by atoms with E-state index in [4.69, 9.17) is 19.2 Å². The normalized spacial score (nSPS) is 20.6. The molecule has 7 heteroatoms. The Labute approximate surface area is 116 Å². The van der Waals surface area contributed by atoms with Crippen LogP contribution in [0.4, 0.5) is 0 Å². The monoisotopic (exact) mass is 284 g/mol. The Bertz CT molecular complexity index is 492. The van der Waals surface area contributed by atoms with Crippen molar-refractivity contribution in [3.8, 4) is 5.75 Å². The fourth-order valence-corrected chi connectivity index (χ4v) is 2.69. The van der Waals surface area contributed by atoms with Crippen molar-refractivity contribution in [1.82, 2.24) is 0 Å². The van der Waals surface area contributed by atoms with E-state index in [0.29, 0.717) is 10.5 Å². The maximum Gasteiger partial charge on any atom is 0.505 e. The van der Waals surface area contributed by atoms with Crippen LogP contribution in [0.5, 0.6) is 5.75 Å². The van der Waals surface area contributed by atoms with Gasteiger partial charge in [0.1, 0.15) is 5.75 Å². The van der Waals surface area contributed by atoms with Gasteiger partial charge in [0.25, 0.3) is 0 Å². The summed E-state index contributed by atoms with van der Waals surface area (Å²) in [4.78, 5) is 11.3. The molecular weight excluding hydrogens is 267 g/mol. The highest BCUT2D eigenvalue weighted by Crippen LogP contribution is 2.37. The number of methoxy groups -OCH3 is 1. The zero-order valence-corrected chi connectivity index (χ0v) is 12.5. The summed E-state index contributed by atoms with van der Waals surface area (Å²) in [6.07, 6.45) is 0. The van der Waals surface area contributed by atoms with E-state index in [2.05, 4.69) is 0 Å². The van der Waals surface area contributed by atoms with E-state index in [9.17, 15) is 4.79 Å². The summed E-state index contributed by atoms with van der Waals surface area (Å²) in [7, 11) is 0.889. The first-order chi connectivity index (χ1) is 8.68. The predicted octanol–water partition coefficient (Wildman–Crippen LogP) is 1.75. The van der Waals surface area contributed by atoms with Gasteiger partial charge < -0.3 is 19.2 Å². The van der Waals surface area contributed by atoms with Crippen LogP contribution in [-0.4, -0.2) is 36.5 Å². The molecule has 1 aromatic heterocycles. The van der Waals surface area contributed by atoms with Crippen LogP contribution >= 0.6 is 11.3 Å². The molecule has 0 spiro atoms. The number of hydrogen-bond acceptors (Lipinski definition) is 5. The SMILES string of the molecule is COc1cc(B2OC(C)(C)C(C)(C)O2)sc1C(=O)O. The van der Waals surface area contributed by atoms with Gasteiger partial charge >= 0.3 is 13.1 Å². The van der Waals surface area contributed by atoms with Gasteiger partial charge in [0, 0.05) is 4.78 Å². The van der Waals surface area contributed by atoms with Gasteiger partial charge in [-0.2, -0.15) is 0 Å². The molecule has 1 saturated heterocycles. The Morgan fingerprint density at radius 1 is 1.32 bits per heavy atom. The molecule has 1 aromatic rings. The highest BCUT2D eigenvalue weighted by atomic mass is 32.1. The van der Waals surface area contributed by atoms with E-state index in [-0.39, 0.29) is 4.88 Å². The van der Waals surface area contributed by atoms with Crippen LogP contribution < -0.4 is 9.51 Å². The molecule has 2 heterocycles. The smallest absolute Gasteiger partial charge is 0.495 e. The molecule has 1 aliphatic rings. The summed E-state index contributed by atoms with van der Waals surface area (Å²) in [6.45, 7) is 7.82. The Hall–Kier alpha value is -1.05. The van der Waals surface area contributed by atoms with Crippen molar-refractivity contribution in [2.75, 3.05) is 7.11 Å². The van der Waals surface area contributed by atoms with Crippen LogP contribution in [0.25, 0.3) is 0 Å². The fourth-order valence-electron chi connectivity index (χ4n) is 1.77. The lowest BCUT2D eigenvalue weighted by molar-refractivity contribution is 0.00578. The molecule has 104 valence electrons. The quantitative estimate of drug-likeness (QED) is 0.857. The number of carboxylic acid groups (broad SMARTS) is 1. The molecule has 0 aliphatic carbocycles. The Morgan fingerprint density at radius 2 is 1.84 bits per heavy atom. The average molecular weight is 284 g/mol. The number of carboxylic acids is 1. The fraction of sp³-hybridized carbons (Fsp3) is 0.583. The highest BCUT2D eigenvalue weighted by Gasteiger charge is 2.52. The predicted molar refractivity (Wildman–Crippen MR) is 73.5 cm³/mol. The third-order valence-electron chi connectivity index (χ3n) is 3.62. The summed E-state index contributed by atoms with van der Waals surface area (Å²) in [6, 6.07) is 1.66. The second-order valence-electron chi connectivity index (χ2n) is 5.44. The second kappa shape index (κ2) is 4.50. The van der Waals surface area contributed by atoms with E-state index in [1.165, 1.54) is 7.11 Å². The molecule has 1 fully saturated rings. The van der Waals surface area contributed by atoms with Crippen LogP contribution in [0.15, 0.2) is 6.07 Å². The molecule has 0 radical (unpaired) electrons. The average Bonchev–Trinajstić information content (AvgIpc) is 2.78. The van der Waals surface area contributed by atoms with Gasteiger partial charge in [-0.25, -0.2) is 4.79 Å². The zero-order chi connectivity index (χ0) is 14.4. The van der Waals surface area contributed by atoms with Gasteiger partial charge in [-0.1, -0.05) is 0 Å². The first-order valence-electron chi connectivity index (χ1n) is 5.94. The maximum absolute atomic E-state index is 11.1. The van der Waals surface area contributed by atoms with Crippen molar-refractivity contribution in [3.05, 3.63) is 10.9 Å². The molecule has 0 amide bonds. The minimum absolute atomic E-state index is 0.159. The molecule has 5 nitrogen and oxygen atoms in total. The van der Waals surface area contributed by atoms with Gasteiger partial charge in [-0.3, -0.25) is 0 Å². The Kier molecular flexibility index (Phi) is 3.41.